The monoisotopic (exact) mass is 366 g/mol. The molecule has 3 N–H and O–H groups in total. The average molecular weight is 367 g/mol. The zero-order valence-electron chi connectivity index (χ0n) is 11.9. The summed E-state index contributed by atoms with van der Waals surface area (Å²) in [5.41, 5.74) is 0.0583. The number of furan rings is 1. The molecule has 0 aliphatic carbocycles. The van der Waals surface area contributed by atoms with E-state index in [2.05, 4.69) is 42.0 Å². The van der Waals surface area contributed by atoms with E-state index >= 15 is 0 Å². The summed E-state index contributed by atoms with van der Waals surface area (Å²) in [4.78, 5) is 11.7. The van der Waals surface area contributed by atoms with Crippen LogP contribution in [-0.2, 0) is 10.0 Å². The van der Waals surface area contributed by atoms with E-state index in [4.69, 9.17) is 9.56 Å². The van der Waals surface area contributed by atoms with E-state index in [1.54, 1.807) is 0 Å². The van der Waals surface area contributed by atoms with Gasteiger partial charge in [0, 0.05) is 12.6 Å². The Hall–Kier alpha value is -0.860. The summed E-state index contributed by atoms with van der Waals surface area (Å²) in [6.07, 6.45) is 0. The number of rotatable bonds is 4. The molecule has 0 aliphatic rings. The molecule has 0 fully saturated rings. The number of amides is 1. The molecule has 6 nitrogen and oxygen atoms in total. The number of sulfonamides is 1. The first-order chi connectivity index (χ1) is 8.93. The minimum Gasteiger partial charge on any atom is -0.443 e. The van der Waals surface area contributed by atoms with E-state index in [-0.39, 0.29) is 26.7 Å². The molecule has 0 saturated carbocycles. The molecule has 1 heterocycles. The number of carbonyl (C=O) groups is 1. The molecule has 0 aromatic carbocycles. The maximum atomic E-state index is 11.9. The van der Waals surface area contributed by atoms with Crippen molar-refractivity contribution in [2.45, 2.75) is 32.6 Å². The molecule has 1 rings (SSSR count). The second kappa shape index (κ2) is 5.87. The number of carbonyl (C=O) groups excluding carboxylic acids is 1. The van der Waals surface area contributed by atoms with Gasteiger partial charge in [0.1, 0.15) is 4.90 Å². The summed E-state index contributed by atoms with van der Waals surface area (Å²) in [5.74, 6) is -0.318. The van der Waals surface area contributed by atoms with Crippen LogP contribution < -0.4 is 10.5 Å². The third kappa shape index (κ3) is 4.32. The predicted octanol–water partition coefficient (Wildman–Crippen LogP) is 2.10. The molecule has 1 atom stereocenters. The smallest absolute Gasteiger partial charge is 0.287 e. The minimum atomic E-state index is -3.92. The Labute approximate surface area is 127 Å². The van der Waals surface area contributed by atoms with Crippen molar-refractivity contribution in [1.29, 1.82) is 0 Å². The summed E-state index contributed by atoms with van der Waals surface area (Å²) in [7, 11) is -3.92. The second-order valence-corrected chi connectivity index (χ2v) is 8.02. The number of halogens is 1. The maximum absolute atomic E-state index is 11.9. The molecule has 0 radical (unpaired) electrons. The van der Waals surface area contributed by atoms with Crippen LogP contribution in [0.15, 0.2) is 20.0 Å². The van der Waals surface area contributed by atoms with Crippen LogP contribution in [0.5, 0.6) is 0 Å². The van der Waals surface area contributed by atoms with Crippen molar-refractivity contribution >= 4 is 31.9 Å². The molecule has 20 heavy (non-hydrogen) atoms. The number of primary sulfonamides is 1. The first kappa shape index (κ1) is 17.2. The summed E-state index contributed by atoms with van der Waals surface area (Å²) >= 11 is 2.93. The van der Waals surface area contributed by atoms with Gasteiger partial charge < -0.3 is 9.73 Å². The summed E-state index contributed by atoms with van der Waals surface area (Å²) in [5, 5.41) is 7.71. The number of hydrogen-bond donors (Lipinski definition) is 2. The van der Waals surface area contributed by atoms with Gasteiger partial charge in [0.2, 0.25) is 10.0 Å². The highest BCUT2D eigenvalue weighted by Crippen LogP contribution is 2.26. The second-order valence-electron chi connectivity index (χ2n) is 5.77. The Kier molecular flexibility index (Phi) is 5.04. The largest absolute Gasteiger partial charge is 0.443 e. The zero-order chi connectivity index (χ0) is 15.7. The van der Waals surface area contributed by atoms with Crippen LogP contribution in [0.3, 0.4) is 0 Å². The Morgan fingerprint density at radius 2 is 2.05 bits per heavy atom. The van der Waals surface area contributed by atoms with Crippen LogP contribution in [0.2, 0.25) is 0 Å². The molecule has 1 aromatic rings. The Bertz CT molecular complexity index is 601. The topological polar surface area (TPSA) is 102 Å². The van der Waals surface area contributed by atoms with E-state index in [0.29, 0.717) is 6.54 Å². The Balaban J connectivity index is 2.80. The predicted molar refractivity (Wildman–Crippen MR) is 78.7 cm³/mol. The SMILES string of the molecule is CC(CNC(=O)c1cc(S(N)(=O)=O)c(Br)o1)C(C)(C)C. The summed E-state index contributed by atoms with van der Waals surface area (Å²) in [6, 6.07) is 1.11. The number of hydrogen-bond acceptors (Lipinski definition) is 4. The van der Waals surface area contributed by atoms with Gasteiger partial charge in [-0.1, -0.05) is 27.7 Å². The van der Waals surface area contributed by atoms with Crippen molar-refractivity contribution in [3.63, 3.8) is 0 Å². The molecule has 1 unspecified atom stereocenters. The van der Waals surface area contributed by atoms with Crippen LogP contribution in [0.1, 0.15) is 38.2 Å². The number of nitrogens with one attached hydrogen (secondary N) is 1. The quantitative estimate of drug-likeness (QED) is 0.851. The van der Waals surface area contributed by atoms with Gasteiger partial charge in [-0.25, -0.2) is 13.6 Å². The molecule has 1 aromatic heterocycles. The lowest BCUT2D eigenvalue weighted by Gasteiger charge is -2.27. The lowest BCUT2D eigenvalue weighted by Crippen LogP contribution is -2.33. The maximum Gasteiger partial charge on any atom is 0.287 e. The fraction of sp³-hybridized carbons (Fsp3) is 0.583. The van der Waals surface area contributed by atoms with Crippen LogP contribution in [-0.4, -0.2) is 20.9 Å². The molecule has 8 heteroatoms. The molecule has 1 amide bonds. The molecule has 114 valence electrons. The zero-order valence-corrected chi connectivity index (χ0v) is 14.3. The lowest BCUT2D eigenvalue weighted by molar-refractivity contribution is 0.0908. The normalized spacial score (nSPS) is 14.1. The van der Waals surface area contributed by atoms with Crippen LogP contribution >= 0.6 is 15.9 Å². The van der Waals surface area contributed by atoms with Gasteiger partial charge in [-0.2, -0.15) is 0 Å². The highest BCUT2D eigenvalue weighted by atomic mass is 79.9. The first-order valence-electron chi connectivity index (χ1n) is 6.03. The van der Waals surface area contributed by atoms with Crippen molar-refractivity contribution in [3.05, 3.63) is 16.5 Å². The highest BCUT2D eigenvalue weighted by Gasteiger charge is 2.24. The first-order valence-corrected chi connectivity index (χ1v) is 8.37. The molecule has 0 spiro atoms. The average Bonchev–Trinajstić information content (AvgIpc) is 2.66. The van der Waals surface area contributed by atoms with E-state index < -0.39 is 15.9 Å². The fourth-order valence-electron chi connectivity index (χ4n) is 1.30. The third-order valence-corrected chi connectivity index (χ3v) is 5.00. The summed E-state index contributed by atoms with van der Waals surface area (Å²) < 4.78 is 27.5. The fourth-order valence-corrected chi connectivity index (χ4v) is 2.80. The minimum absolute atomic E-state index is 0.0583. The Morgan fingerprint density at radius 3 is 2.45 bits per heavy atom. The van der Waals surface area contributed by atoms with Gasteiger partial charge in [0.15, 0.2) is 10.4 Å². The van der Waals surface area contributed by atoms with Crippen LogP contribution in [0.4, 0.5) is 0 Å². The van der Waals surface area contributed by atoms with Crippen molar-refractivity contribution in [2.75, 3.05) is 6.54 Å². The van der Waals surface area contributed by atoms with Crippen LogP contribution in [0.25, 0.3) is 0 Å². The van der Waals surface area contributed by atoms with E-state index in [9.17, 15) is 13.2 Å². The van der Waals surface area contributed by atoms with Gasteiger partial charge in [0.05, 0.1) is 0 Å². The van der Waals surface area contributed by atoms with Crippen molar-refractivity contribution < 1.29 is 17.6 Å². The van der Waals surface area contributed by atoms with E-state index in [0.717, 1.165) is 6.07 Å². The Morgan fingerprint density at radius 1 is 1.50 bits per heavy atom. The molecular formula is C12H19BrN2O4S. The summed E-state index contributed by atoms with van der Waals surface area (Å²) in [6.45, 7) is 8.71. The van der Waals surface area contributed by atoms with E-state index in [1.807, 2.05) is 6.92 Å². The van der Waals surface area contributed by atoms with E-state index in [1.165, 1.54) is 0 Å². The standard InChI is InChI=1S/C12H19BrN2O4S/c1-7(12(2,3)4)6-15-11(16)8-5-9(10(13)19-8)20(14,17)18/h5,7H,6H2,1-4H3,(H,15,16)(H2,14,17,18). The van der Waals surface area contributed by atoms with Gasteiger partial charge >= 0.3 is 0 Å². The molecule has 0 bridgehead atoms. The van der Waals surface area contributed by atoms with Crippen LogP contribution in [0, 0.1) is 11.3 Å². The van der Waals surface area contributed by atoms with Crippen molar-refractivity contribution in [1.82, 2.24) is 5.32 Å². The van der Waals surface area contributed by atoms with Gasteiger partial charge in [-0.3, -0.25) is 4.79 Å². The van der Waals surface area contributed by atoms with Gasteiger partial charge in [-0.15, -0.1) is 0 Å². The highest BCUT2D eigenvalue weighted by molar-refractivity contribution is 9.10. The van der Waals surface area contributed by atoms with Gasteiger partial charge in [0.25, 0.3) is 5.91 Å². The number of nitrogens with two attached hydrogens (primary N) is 1. The third-order valence-electron chi connectivity index (χ3n) is 3.23. The van der Waals surface area contributed by atoms with Crippen molar-refractivity contribution in [3.8, 4) is 0 Å². The van der Waals surface area contributed by atoms with Crippen molar-refractivity contribution in [2.24, 2.45) is 16.5 Å². The molecule has 0 aliphatic heterocycles. The lowest BCUT2D eigenvalue weighted by atomic mass is 9.82. The molecule has 0 saturated heterocycles. The molecular weight excluding hydrogens is 348 g/mol. The van der Waals surface area contributed by atoms with Gasteiger partial charge in [-0.05, 0) is 27.3 Å².